The third-order valence-corrected chi connectivity index (χ3v) is 3.26. The number of nitrogens with one attached hydrogen (secondary N) is 1. The third-order valence-electron chi connectivity index (χ3n) is 2.22. The molecule has 0 aliphatic carbocycles. The first-order valence-corrected chi connectivity index (χ1v) is 6.73. The van der Waals surface area contributed by atoms with E-state index in [4.69, 9.17) is 44.3 Å². The van der Waals surface area contributed by atoms with E-state index >= 15 is 0 Å². The van der Waals surface area contributed by atoms with E-state index in [0.29, 0.717) is 34.9 Å². The summed E-state index contributed by atoms with van der Waals surface area (Å²) in [6, 6.07) is 3.35. The Labute approximate surface area is 122 Å². The minimum atomic E-state index is 0.454. The van der Waals surface area contributed by atoms with Crippen molar-refractivity contribution in [3.8, 4) is 0 Å². The fourth-order valence-corrected chi connectivity index (χ4v) is 1.91. The van der Waals surface area contributed by atoms with Crippen LogP contribution in [0.2, 0.25) is 15.1 Å². The van der Waals surface area contributed by atoms with Crippen molar-refractivity contribution in [2.24, 2.45) is 0 Å². The molecule has 0 aliphatic heterocycles. The Hall–Kier alpha value is -0.190. The minimum Gasteiger partial charge on any atom is -0.384 e. The number of rotatable bonds is 8. The second-order valence-electron chi connectivity index (χ2n) is 3.63. The van der Waals surface area contributed by atoms with E-state index in [1.807, 2.05) is 0 Å². The van der Waals surface area contributed by atoms with Crippen LogP contribution in [0.4, 0.5) is 5.69 Å². The molecule has 1 aromatic rings. The van der Waals surface area contributed by atoms with E-state index in [9.17, 15) is 0 Å². The van der Waals surface area contributed by atoms with Gasteiger partial charge in [-0.3, -0.25) is 0 Å². The molecule has 0 heterocycles. The van der Waals surface area contributed by atoms with E-state index in [2.05, 4.69) is 5.32 Å². The molecule has 0 saturated heterocycles. The van der Waals surface area contributed by atoms with E-state index in [0.717, 1.165) is 18.7 Å². The van der Waals surface area contributed by atoms with Gasteiger partial charge in [-0.2, -0.15) is 0 Å². The topological polar surface area (TPSA) is 30.5 Å². The summed E-state index contributed by atoms with van der Waals surface area (Å²) in [5.41, 5.74) is 0.781. The van der Waals surface area contributed by atoms with Crippen molar-refractivity contribution < 1.29 is 9.47 Å². The number of ether oxygens (including phenoxy) is 2. The van der Waals surface area contributed by atoms with Crippen LogP contribution < -0.4 is 5.32 Å². The Morgan fingerprint density at radius 3 is 2.44 bits per heavy atom. The van der Waals surface area contributed by atoms with Crippen molar-refractivity contribution in [3.63, 3.8) is 0 Å². The average molecular weight is 313 g/mol. The van der Waals surface area contributed by atoms with Gasteiger partial charge in [0, 0.05) is 20.3 Å². The van der Waals surface area contributed by atoms with E-state index in [1.54, 1.807) is 19.2 Å². The highest BCUT2D eigenvalue weighted by molar-refractivity contribution is 6.44. The Morgan fingerprint density at radius 1 is 1.00 bits per heavy atom. The van der Waals surface area contributed by atoms with E-state index in [-0.39, 0.29) is 0 Å². The van der Waals surface area contributed by atoms with Crippen LogP contribution in [0, 0.1) is 0 Å². The number of halogens is 3. The highest BCUT2D eigenvalue weighted by Crippen LogP contribution is 2.32. The molecule has 1 rings (SSSR count). The van der Waals surface area contributed by atoms with Crippen molar-refractivity contribution >= 4 is 40.5 Å². The molecule has 0 spiro atoms. The molecule has 0 unspecified atom stereocenters. The number of anilines is 1. The predicted octanol–water partition coefficient (Wildman–Crippen LogP) is 4.11. The first kappa shape index (κ1) is 15.9. The number of hydrogen-bond donors (Lipinski definition) is 1. The van der Waals surface area contributed by atoms with Crippen LogP contribution in [-0.2, 0) is 9.47 Å². The zero-order valence-electron chi connectivity index (χ0n) is 10.1. The first-order chi connectivity index (χ1) is 8.65. The van der Waals surface area contributed by atoms with Crippen LogP contribution in [0.1, 0.15) is 6.42 Å². The van der Waals surface area contributed by atoms with Gasteiger partial charge in [0.2, 0.25) is 0 Å². The molecule has 0 amide bonds. The zero-order valence-corrected chi connectivity index (χ0v) is 12.4. The Bertz CT molecular complexity index is 375. The summed E-state index contributed by atoms with van der Waals surface area (Å²) in [4.78, 5) is 0. The van der Waals surface area contributed by atoms with Crippen molar-refractivity contribution in [2.75, 3.05) is 38.8 Å². The SMILES string of the molecule is COCCOCCCNc1cc(Cl)c(Cl)cc1Cl. The number of hydrogen-bond acceptors (Lipinski definition) is 3. The molecule has 0 bridgehead atoms. The standard InChI is InChI=1S/C12H16Cl3NO2/c1-17-5-6-18-4-2-3-16-12-8-10(14)9(13)7-11(12)15/h7-8,16H,2-6H2,1H3. The summed E-state index contributed by atoms with van der Waals surface area (Å²) in [7, 11) is 1.65. The van der Waals surface area contributed by atoms with Gasteiger partial charge in [0.25, 0.3) is 0 Å². The maximum absolute atomic E-state index is 6.03. The third kappa shape index (κ3) is 5.63. The summed E-state index contributed by atoms with van der Waals surface area (Å²) in [6.45, 7) is 2.66. The van der Waals surface area contributed by atoms with Crippen LogP contribution in [0.5, 0.6) is 0 Å². The lowest BCUT2D eigenvalue weighted by molar-refractivity contribution is 0.0705. The highest BCUT2D eigenvalue weighted by Gasteiger charge is 2.05. The van der Waals surface area contributed by atoms with Gasteiger partial charge in [-0.1, -0.05) is 34.8 Å². The predicted molar refractivity (Wildman–Crippen MR) is 77.3 cm³/mol. The van der Waals surface area contributed by atoms with E-state index < -0.39 is 0 Å². The molecule has 1 aromatic carbocycles. The van der Waals surface area contributed by atoms with Crippen LogP contribution in [-0.4, -0.2) is 33.5 Å². The lowest BCUT2D eigenvalue weighted by Gasteiger charge is -2.10. The van der Waals surface area contributed by atoms with Crippen molar-refractivity contribution in [1.82, 2.24) is 0 Å². The molecule has 0 aliphatic rings. The molecule has 6 heteroatoms. The molecule has 18 heavy (non-hydrogen) atoms. The lowest BCUT2D eigenvalue weighted by atomic mass is 10.3. The van der Waals surface area contributed by atoms with Gasteiger partial charge in [0.1, 0.15) is 0 Å². The lowest BCUT2D eigenvalue weighted by Crippen LogP contribution is -2.08. The summed E-state index contributed by atoms with van der Waals surface area (Å²) >= 11 is 17.8. The molecule has 102 valence electrons. The van der Waals surface area contributed by atoms with Gasteiger partial charge in [-0.05, 0) is 18.6 Å². The Kier molecular flexibility index (Phi) is 7.79. The molecule has 0 radical (unpaired) electrons. The molecular weight excluding hydrogens is 296 g/mol. The van der Waals surface area contributed by atoms with Crippen molar-refractivity contribution in [2.45, 2.75) is 6.42 Å². The molecule has 0 saturated carbocycles. The second kappa shape index (κ2) is 8.83. The average Bonchev–Trinajstić information content (AvgIpc) is 2.34. The van der Waals surface area contributed by atoms with Crippen LogP contribution in [0.15, 0.2) is 12.1 Å². The van der Waals surface area contributed by atoms with Crippen molar-refractivity contribution in [1.29, 1.82) is 0 Å². The maximum Gasteiger partial charge on any atom is 0.0700 e. The van der Waals surface area contributed by atoms with Gasteiger partial charge < -0.3 is 14.8 Å². The Morgan fingerprint density at radius 2 is 1.72 bits per heavy atom. The fourth-order valence-electron chi connectivity index (χ4n) is 1.30. The molecule has 0 aromatic heterocycles. The molecule has 1 N–H and O–H groups in total. The summed E-state index contributed by atoms with van der Waals surface area (Å²) in [5, 5.41) is 4.69. The smallest absolute Gasteiger partial charge is 0.0700 e. The second-order valence-corrected chi connectivity index (χ2v) is 4.85. The number of benzene rings is 1. The monoisotopic (exact) mass is 311 g/mol. The summed E-state index contributed by atoms with van der Waals surface area (Å²) in [5.74, 6) is 0. The summed E-state index contributed by atoms with van der Waals surface area (Å²) in [6.07, 6.45) is 0.875. The van der Waals surface area contributed by atoms with Gasteiger partial charge in [0.05, 0.1) is 34.0 Å². The molecule has 0 fully saturated rings. The minimum absolute atomic E-state index is 0.454. The zero-order chi connectivity index (χ0) is 13.4. The first-order valence-electron chi connectivity index (χ1n) is 5.60. The molecule has 3 nitrogen and oxygen atoms in total. The van der Waals surface area contributed by atoms with Crippen LogP contribution >= 0.6 is 34.8 Å². The normalized spacial score (nSPS) is 10.7. The summed E-state index contributed by atoms with van der Waals surface area (Å²) < 4.78 is 10.2. The fraction of sp³-hybridized carbons (Fsp3) is 0.500. The van der Waals surface area contributed by atoms with E-state index in [1.165, 1.54) is 0 Å². The Balaban J connectivity index is 2.25. The van der Waals surface area contributed by atoms with Gasteiger partial charge >= 0.3 is 0 Å². The molecular formula is C12H16Cl3NO2. The van der Waals surface area contributed by atoms with Gasteiger partial charge in [-0.15, -0.1) is 0 Å². The van der Waals surface area contributed by atoms with Crippen LogP contribution in [0.25, 0.3) is 0 Å². The van der Waals surface area contributed by atoms with Gasteiger partial charge in [-0.25, -0.2) is 0 Å². The maximum atomic E-state index is 6.03. The van der Waals surface area contributed by atoms with Gasteiger partial charge in [0.15, 0.2) is 0 Å². The number of methoxy groups -OCH3 is 1. The molecule has 0 atom stereocenters. The van der Waals surface area contributed by atoms with Crippen LogP contribution in [0.3, 0.4) is 0 Å². The van der Waals surface area contributed by atoms with Crippen molar-refractivity contribution in [3.05, 3.63) is 27.2 Å². The largest absolute Gasteiger partial charge is 0.384 e. The highest BCUT2D eigenvalue weighted by atomic mass is 35.5. The quantitative estimate of drug-likeness (QED) is 0.579.